The average molecular weight is 441 g/mol. The first-order valence-electron chi connectivity index (χ1n) is 9.40. The minimum absolute atomic E-state index is 0.00701. The van der Waals surface area contributed by atoms with E-state index in [1.54, 1.807) is 0 Å². The lowest BCUT2D eigenvalue weighted by Gasteiger charge is -2.34. The second-order valence-corrected chi connectivity index (χ2v) is 7.31. The van der Waals surface area contributed by atoms with Gasteiger partial charge in [0.15, 0.2) is 23.4 Å². The highest BCUT2D eigenvalue weighted by Gasteiger charge is 2.37. The number of anilines is 1. The van der Waals surface area contributed by atoms with E-state index in [1.165, 1.54) is 18.2 Å². The van der Waals surface area contributed by atoms with Crippen molar-refractivity contribution in [3.05, 3.63) is 59.2 Å². The van der Waals surface area contributed by atoms with Crippen LogP contribution >= 0.6 is 0 Å². The maximum absolute atomic E-state index is 12.7. The van der Waals surface area contributed by atoms with Crippen LogP contribution in [0.15, 0.2) is 42.5 Å². The molecule has 4 rings (SSSR count). The van der Waals surface area contributed by atoms with E-state index in [9.17, 15) is 35.4 Å². The summed E-state index contributed by atoms with van der Waals surface area (Å²) in [5.74, 6) is -3.53. The number of ether oxygens (including phenoxy) is 2. The van der Waals surface area contributed by atoms with E-state index in [0.717, 1.165) is 24.3 Å². The van der Waals surface area contributed by atoms with Crippen molar-refractivity contribution in [3.8, 4) is 40.2 Å². The van der Waals surface area contributed by atoms with Crippen molar-refractivity contribution in [2.45, 2.75) is 18.6 Å². The fourth-order valence-electron chi connectivity index (χ4n) is 3.50. The van der Waals surface area contributed by atoms with Crippen molar-refractivity contribution in [1.29, 1.82) is 0 Å². The molecular weight excluding hydrogens is 422 g/mol. The zero-order valence-electron chi connectivity index (χ0n) is 16.4. The smallest absolute Gasteiger partial charge is 0.338 e. The molecule has 166 valence electrons. The van der Waals surface area contributed by atoms with Gasteiger partial charge in [0.1, 0.15) is 29.1 Å². The van der Waals surface area contributed by atoms with Gasteiger partial charge in [-0.2, -0.15) is 0 Å². The fourth-order valence-corrected chi connectivity index (χ4v) is 3.50. The number of benzene rings is 3. The molecule has 0 spiro atoms. The highest BCUT2D eigenvalue weighted by molar-refractivity contribution is 5.90. The van der Waals surface area contributed by atoms with Gasteiger partial charge < -0.3 is 45.8 Å². The predicted molar refractivity (Wildman–Crippen MR) is 110 cm³/mol. The van der Waals surface area contributed by atoms with Gasteiger partial charge in [-0.1, -0.05) is 0 Å². The highest BCUT2D eigenvalue weighted by Crippen LogP contribution is 2.45. The van der Waals surface area contributed by atoms with Crippen LogP contribution < -0.4 is 10.5 Å². The third-order valence-electron chi connectivity index (χ3n) is 5.11. The number of nitrogens with two attached hydrogens (primary N) is 1. The minimum Gasteiger partial charge on any atom is -0.508 e. The Balaban J connectivity index is 1.74. The Morgan fingerprint density at radius 3 is 2.25 bits per heavy atom. The number of fused-ring (bicyclic) bond motifs is 1. The van der Waals surface area contributed by atoms with Gasteiger partial charge in [0.05, 0.1) is 11.3 Å². The summed E-state index contributed by atoms with van der Waals surface area (Å²) in [4.78, 5) is 12.7. The number of aromatic hydroxyl groups is 6. The highest BCUT2D eigenvalue weighted by atomic mass is 16.6. The van der Waals surface area contributed by atoms with Gasteiger partial charge >= 0.3 is 5.97 Å². The molecule has 0 aliphatic carbocycles. The summed E-state index contributed by atoms with van der Waals surface area (Å²) >= 11 is 0. The van der Waals surface area contributed by atoms with Crippen LogP contribution in [0.3, 0.4) is 0 Å². The van der Waals surface area contributed by atoms with Crippen LogP contribution in [-0.4, -0.2) is 42.7 Å². The van der Waals surface area contributed by atoms with Gasteiger partial charge in [-0.25, -0.2) is 4.79 Å². The van der Waals surface area contributed by atoms with E-state index < -0.39 is 35.4 Å². The van der Waals surface area contributed by atoms with Crippen LogP contribution in [0, 0.1) is 0 Å². The van der Waals surface area contributed by atoms with E-state index in [1.807, 2.05) is 0 Å². The normalized spacial score (nSPS) is 17.2. The summed E-state index contributed by atoms with van der Waals surface area (Å²) in [5.41, 5.74) is 6.06. The summed E-state index contributed by atoms with van der Waals surface area (Å²) in [6.45, 7) is 0. The molecule has 0 bridgehead atoms. The van der Waals surface area contributed by atoms with Crippen LogP contribution in [0.25, 0.3) is 0 Å². The predicted octanol–water partition coefficient (Wildman–Crippen LogP) is 2.40. The molecular formula is C22H19NO9. The number of carbonyl (C=O) groups is 1. The van der Waals surface area contributed by atoms with Crippen molar-refractivity contribution in [2.24, 2.45) is 0 Å². The molecule has 3 aromatic carbocycles. The van der Waals surface area contributed by atoms with E-state index in [4.69, 9.17) is 15.2 Å². The van der Waals surface area contributed by atoms with Gasteiger partial charge in [0, 0.05) is 29.7 Å². The van der Waals surface area contributed by atoms with E-state index in [-0.39, 0.29) is 51.8 Å². The molecule has 32 heavy (non-hydrogen) atoms. The van der Waals surface area contributed by atoms with E-state index in [0.29, 0.717) is 0 Å². The van der Waals surface area contributed by atoms with Crippen molar-refractivity contribution in [3.63, 3.8) is 0 Å². The molecule has 0 saturated carbocycles. The van der Waals surface area contributed by atoms with Gasteiger partial charge in [0.25, 0.3) is 0 Å². The largest absolute Gasteiger partial charge is 0.508 e. The van der Waals surface area contributed by atoms with Crippen molar-refractivity contribution < 1.29 is 44.9 Å². The molecule has 0 saturated heterocycles. The van der Waals surface area contributed by atoms with Crippen LogP contribution in [0.2, 0.25) is 0 Å². The van der Waals surface area contributed by atoms with Crippen LogP contribution in [0.5, 0.6) is 40.2 Å². The molecule has 0 radical (unpaired) electrons. The SMILES string of the molecule is Nc1ccc(C(=O)OC2Cc3c(O)cc(O)cc3O[C@@H]2c2cc(O)c(O)c(O)c2)cc1O. The Hall–Kier alpha value is -4.47. The molecule has 0 amide bonds. The summed E-state index contributed by atoms with van der Waals surface area (Å²) in [6, 6.07) is 8.46. The first-order valence-corrected chi connectivity index (χ1v) is 9.40. The molecule has 2 atom stereocenters. The Morgan fingerprint density at radius 1 is 0.906 bits per heavy atom. The maximum Gasteiger partial charge on any atom is 0.338 e. The van der Waals surface area contributed by atoms with Crippen LogP contribution in [0.1, 0.15) is 27.6 Å². The quantitative estimate of drug-likeness (QED) is 0.181. The standard InChI is InChI=1S/C22H19NO9/c23-13-2-1-9(3-15(13)26)22(30)32-19-8-12-14(25)6-11(24)7-18(12)31-21(19)10-4-16(27)20(29)17(28)5-10/h1-7,19,21,24-29H,8,23H2/t19?,21-/m1/s1. The lowest BCUT2D eigenvalue weighted by molar-refractivity contribution is -0.0189. The molecule has 0 fully saturated rings. The van der Waals surface area contributed by atoms with E-state index >= 15 is 0 Å². The number of phenolic OH excluding ortho intramolecular Hbond substituents is 6. The topological polar surface area (TPSA) is 183 Å². The summed E-state index contributed by atoms with van der Waals surface area (Å²) in [5, 5.41) is 59.2. The second-order valence-electron chi connectivity index (χ2n) is 7.31. The lowest BCUT2D eigenvalue weighted by atomic mass is 9.93. The monoisotopic (exact) mass is 441 g/mol. The van der Waals surface area contributed by atoms with Crippen molar-refractivity contribution in [2.75, 3.05) is 5.73 Å². The third kappa shape index (κ3) is 3.69. The minimum atomic E-state index is -1.09. The van der Waals surface area contributed by atoms with Gasteiger partial charge in [-0.15, -0.1) is 0 Å². The molecule has 0 aromatic heterocycles. The molecule has 8 N–H and O–H groups in total. The number of carbonyl (C=O) groups excluding carboxylic acids is 1. The first-order chi connectivity index (χ1) is 15.1. The molecule has 1 aliphatic heterocycles. The summed E-state index contributed by atoms with van der Waals surface area (Å²) < 4.78 is 11.4. The number of hydrogen-bond acceptors (Lipinski definition) is 10. The Bertz CT molecular complexity index is 1200. The van der Waals surface area contributed by atoms with Crippen LogP contribution in [0.4, 0.5) is 5.69 Å². The molecule has 3 aromatic rings. The van der Waals surface area contributed by atoms with Gasteiger partial charge in [0.2, 0.25) is 0 Å². The maximum atomic E-state index is 12.7. The summed E-state index contributed by atoms with van der Waals surface area (Å²) in [7, 11) is 0. The Kier molecular flexibility index (Phi) is 4.97. The zero-order valence-corrected chi connectivity index (χ0v) is 16.4. The fraction of sp³-hybridized carbons (Fsp3) is 0.136. The molecule has 1 heterocycles. The Morgan fingerprint density at radius 2 is 1.59 bits per heavy atom. The Labute approximate surface area is 180 Å². The van der Waals surface area contributed by atoms with E-state index in [2.05, 4.69) is 0 Å². The number of rotatable bonds is 3. The molecule has 1 aliphatic rings. The first kappa shape index (κ1) is 20.8. The molecule has 10 nitrogen and oxygen atoms in total. The number of nitrogen functional groups attached to an aromatic ring is 1. The van der Waals surface area contributed by atoms with Crippen molar-refractivity contribution in [1.82, 2.24) is 0 Å². The number of phenols is 6. The van der Waals surface area contributed by atoms with Gasteiger partial charge in [-0.3, -0.25) is 0 Å². The molecule has 1 unspecified atom stereocenters. The average Bonchev–Trinajstić information content (AvgIpc) is 2.73. The van der Waals surface area contributed by atoms with Gasteiger partial charge in [-0.05, 0) is 30.3 Å². The lowest BCUT2D eigenvalue weighted by Crippen LogP contribution is -2.34. The molecule has 10 heteroatoms. The zero-order chi connectivity index (χ0) is 23.2. The van der Waals surface area contributed by atoms with Crippen molar-refractivity contribution >= 4 is 11.7 Å². The summed E-state index contributed by atoms with van der Waals surface area (Å²) in [6.07, 6.45) is -2.19. The second kappa shape index (κ2) is 7.65. The number of esters is 1. The number of hydrogen-bond donors (Lipinski definition) is 7. The third-order valence-corrected chi connectivity index (χ3v) is 5.11. The van der Waals surface area contributed by atoms with Crippen LogP contribution in [-0.2, 0) is 11.2 Å².